The normalized spacial score (nSPS) is 16.0. The number of aromatic nitrogens is 4. The smallest absolute Gasteiger partial charge is 0.233 e. The van der Waals surface area contributed by atoms with Gasteiger partial charge in [0.1, 0.15) is 5.82 Å². The molecule has 1 aliphatic heterocycles. The molecule has 22 heavy (non-hydrogen) atoms. The number of likely N-dealkylation sites (tertiary alicyclic amines) is 1. The standard InChI is InChI=1S/C15H21N5OS/c1-11-9-13-17-18-15(20(13)12(2)16-11)22-10-14(21)19-7-5-3-4-6-8-19/h9H,3-8,10H2,1-2H3. The molecule has 6 nitrogen and oxygen atoms in total. The molecule has 2 aromatic heterocycles. The first-order valence-electron chi connectivity index (χ1n) is 7.75. The van der Waals surface area contributed by atoms with Gasteiger partial charge in [0.2, 0.25) is 5.91 Å². The van der Waals surface area contributed by atoms with E-state index in [1.54, 1.807) is 0 Å². The Morgan fingerprint density at radius 1 is 1.18 bits per heavy atom. The summed E-state index contributed by atoms with van der Waals surface area (Å²) < 4.78 is 1.91. The largest absolute Gasteiger partial charge is 0.342 e. The van der Waals surface area contributed by atoms with Gasteiger partial charge < -0.3 is 4.90 Å². The molecular formula is C15H21N5OS. The highest BCUT2D eigenvalue weighted by Crippen LogP contribution is 2.20. The zero-order valence-electron chi connectivity index (χ0n) is 13.1. The molecule has 0 aromatic carbocycles. The van der Waals surface area contributed by atoms with Crippen LogP contribution in [0.25, 0.3) is 5.65 Å². The number of thioether (sulfide) groups is 1. The second-order valence-corrected chi connectivity index (χ2v) is 6.65. The summed E-state index contributed by atoms with van der Waals surface area (Å²) in [6.07, 6.45) is 4.70. The van der Waals surface area contributed by atoms with Gasteiger partial charge in [0.15, 0.2) is 10.8 Å². The van der Waals surface area contributed by atoms with Gasteiger partial charge in [-0.15, -0.1) is 10.2 Å². The quantitative estimate of drug-likeness (QED) is 0.812. The third kappa shape index (κ3) is 3.24. The maximum Gasteiger partial charge on any atom is 0.233 e. The van der Waals surface area contributed by atoms with Gasteiger partial charge in [-0.05, 0) is 26.7 Å². The molecule has 0 atom stereocenters. The van der Waals surface area contributed by atoms with Gasteiger partial charge in [-0.3, -0.25) is 9.20 Å². The number of fused-ring (bicyclic) bond motifs is 1. The molecule has 0 spiro atoms. The zero-order chi connectivity index (χ0) is 15.5. The van der Waals surface area contributed by atoms with Gasteiger partial charge in [-0.1, -0.05) is 24.6 Å². The highest BCUT2D eigenvalue weighted by molar-refractivity contribution is 7.99. The molecular weight excluding hydrogens is 298 g/mol. The van der Waals surface area contributed by atoms with Crippen LogP contribution >= 0.6 is 11.8 Å². The average Bonchev–Trinajstić information content (AvgIpc) is 2.71. The number of nitrogens with zero attached hydrogens (tertiary/aromatic N) is 5. The number of rotatable bonds is 3. The minimum Gasteiger partial charge on any atom is -0.342 e. The van der Waals surface area contributed by atoms with Crippen molar-refractivity contribution in [1.29, 1.82) is 0 Å². The average molecular weight is 319 g/mol. The van der Waals surface area contributed by atoms with Gasteiger partial charge in [-0.25, -0.2) is 4.98 Å². The molecule has 0 N–H and O–H groups in total. The first-order valence-corrected chi connectivity index (χ1v) is 8.73. The number of carbonyl (C=O) groups is 1. The van der Waals surface area contributed by atoms with Crippen molar-refractivity contribution in [2.45, 2.75) is 44.7 Å². The molecule has 2 aromatic rings. The molecule has 0 unspecified atom stereocenters. The Balaban J connectivity index is 1.70. The fourth-order valence-corrected chi connectivity index (χ4v) is 3.72. The van der Waals surface area contributed by atoms with Crippen LogP contribution in [0.4, 0.5) is 0 Å². The first kappa shape index (κ1) is 15.3. The van der Waals surface area contributed by atoms with E-state index in [1.807, 2.05) is 29.2 Å². The number of carbonyl (C=O) groups excluding carboxylic acids is 1. The van der Waals surface area contributed by atoms with Crippen LogP contribution in [0.3, 0.4) is 0 Å². The van der Waals surface area contributed by atoms with Gasteiger partial charge in [0.05, 0.1) is 5.75 Å². The van der Waals surface area contributed by atoms with Crippen molar-refractivity contribution < 1.29 is 4.79 Å². The topological polar surface area (TPSA) is 63.4 Å². The van der Waals surface area contributed by atoms with Gasteiger partial charge in [-0.2, -0.15) is 0 Å². The van der Waals surface area contributed by atoms with Crippen LogP contribution in [-0.4, -0.2) is 49.2 Å². The Kier molecular flexibility index (Phi) is 4.61. The summed E-state index contributed by atoms with van der Waals surface area (Å²) in [5.41, 5.74) is 1.71. The SMILES string of the molecule is Cc1cc2nnc(SCC(=O)N3CCCCCC3)n2c(C)n1. The maximum absolute atomic E-state index is 12.4. The molecule has 1 aliphatic rings. The highest BCUT2D eigenvalue weighted by Gasteiger charge is 2.17. The monoisotopic (exact) mass is 319 g/mol. The van der Waals surface area contributed by atoms with Crippen LogP contribution in [0.5, 0.6) is 0 Å². The van der Waals surface area contributed by atoms with Gasteiger partial charge in [0.25, 0.3) is 0 Å². The van der Waals surface area contributed by atoms with Crippen molar-refractivity contribution in [1.82, 2.24) is 24.5 Å². The Hall–Kier alpha value is -1.63. The highest BCUT2D eigenvalue weighted by atomic mass is 32.2. The summed E-state index contributed by atoms with van der Waals surface area (Å²) >= 11 is 1.44. The first-order chi connectivity index (χ1) is 10.6. The van der Waals surface area contributed by atoms with E-state index in [0.717, 1.165) is 48.3 Å². The van der Waals surface area contributed by atoms with Crippen molar-refractivity contribution in [2.75, 3.05) is 18.8 Å². The van der Waals surface area contributed by atoms with Crippen molar-refractivity contribution in [2.24, 2.45) is 0 Å². The fraction of sp³-hybridized carbons (Fsp3) is 0.600. The summed E-state index contributed by atoms with van der Waals surface area (Å²) in [5, 5.41) is 9.11. The van der Waals surface area contributed by atoms with E-state index in [4.69, 9.17) is 0 Å². The minimum atomic E-state index is 0.196. The maximum atomic E-state index is 12.4. The van der Waals surface area contributed by atoms with Crippen LogP contribution in [0, 0.1) is 13.8 Å². The summed E-state index contributed by atoms with van der Waals surface area (Å²) in [4.78, 5) is 18.8. The second-order valence-electron chi connectivity index (χ2n) is 5.70. The van der Waals surface area contributed by atoms with E-state index >= 15 is 0 Å². The Morgan fingerprint density at radius 2 is 1.91 bits per heavy atom. The van der Waals surface area contributed by atoms with Crippen LogP contribution < -0.4 is 0 Å². The molecule has 0 radical (unpaired) electrons. The predicted molar refractivity (Wildman–Crippen MR) is 86.0 cm³/mol. The molecule has 0 bridgehead atoms. The second kappa shape index (κ2) is 6.64. The fourth-order valence-electron chi connectivity index (χ4n) is 2.83. The van der Waals surface area contributed by atoms with Crippen LogP contribution in [0.2, 0.25) is 0 Å². The Morgan fingerprint density at radius 3 is 2.64 bits per heavy atom. The van der Waals surface area contributed by atoms with E-state index < -0.39 is 0 Å². The zero-order valence-corrected chi connectivity index (χ0v) is 13.9. The third-order valence-electron chi connectivity index (χ3n) is 3.94. The Labute approximate surface area is 134 Å². The number of amides is 1. The number of hydrogen-bond donors (Lipinski definition) is 0. The Bertz CT molecular complexity index is 676. The molecule has 1 amide bonds. The van der Waals surface area contributed by atoms with Crippen molar-refractivity contribution in [3.8, 4) is 0 Å². The minimum absolute atomic E-state index is 0.196. The van der Waals surface area contributed by atoms with Crippen molar-refractivity contribution >= 4 is 23.3 Å². The van der Waals surface area contributed by atoms with Crippen molar-refractivity contribution in [3.05, 3.63) is 17.6 Å². The molecule has 0 aliphatic carbocycles. The number of hydrogen-bond acceptors (Lipinski definition) is 5. The molecule has 7 heteroatoms. The predicted octanol–water partition coefficient (Wildman–Crippen LogP) is 2.24. The molecule has 1 fully saturated rings. The molecule has 3 heterocycles. The lowest BCUT2D eigenvalue weighted by Gasteiger charge is -2.19. The molecule has 3 rings (SSSR count). The molecule has 0 saturated carbocycles. The molecule has 1 saturated heterocycles. The van der Waals surface area contributed by atoms with E-state index in [2.05, 4.69) is 15.2 Å². The lowest BCUT2D eigenvalue weighted by atomic mass is 10.2. The van der Waals surface area contributed by atoms with Gasteiger partial charge in [0, 0.05) is 24.8 Å². The van der Waals surface area contributed by atoms with E-state index in [-0.39, 0.29) is 5.91 Å². The van der Waals surface area contributed by atoms with Crippen LogP contribution in [0.1, 0.15) is 37.2 Å². The van der Waals surface area contributed by atoms with Crippen LogP contribution in [-0.2, 0) is 4.79 Å². The lowest BCUT2D eigenvalue weighted by molar-refractivity contribution is -0.128. The van der Waals surface area contributed by atoms with Crippen molar-refractivity contribution in [3.63, 3.8) is 0 Å². The molecule has 118 valence electrons. The third-order valence-corrected chi connectivity index (χ3v) is 4.86. The van der Waals surface area contributed by atoms with Crippen LogP contribution in [0.15, 0.2) is 11.2 Å². The van der Waals surface area contributed by atoms with E-state index in [0.29, 0.717) is 5.75 Å². The summed E-state index contributed by atoms with van der Waals surface area (Å²) in [7, 11) is 0. The summed E-state index contributed by atoms with van der Waals surface area (Å²) in [5.74, 6) is 1.46. The number of aryl methyl sites for hydroxylation is 2. The summed E-state index contributed by atoms with van der Waals surface area (Å²) in [6.45, 7) is 5.65. The van der Waals surface area contributed by atoms with E-state index in [9.17, 15) is 4.79 Å². The lowest BCUT2D eigenvalue weighted by Crippen LogP contribution is -2.33. The summed E-state index contributed by atoms with van der Waals surface area (Å²) in [6, 6.07) is 1.90. The van der Waals surface area contributed by atoms with Gasteiger partial charge >= 0.3 is 0 Å². The van der Waals surface area contributed by atoms with E-state index in [1.165, 1.54) is 24.6 Å².